The molecular formula is C15H18ClFN2O3. The van der Waals surface area contributed by atoms with E-state index in [1.54, 1.807) is 0 Å². The number of likely N-dealkylation sites (N-methyl/N-ethyl adjacent to an activating group) is 1. The number of aliphatic hydroxyl groups is 1. The Morgan fingerprint density at radius 2 is 2.18 bits per heavy atom. The summed E-state index contributed by atoms with van der Waals surface area (Å²) in [6, 6.07) is 3.68. The average molecular weight is 329 g/mol. The van der Waals surface area contributed by atoms with Gasteiger partial charge in [0.1, 0.15) is 5.82 Å². The molecule has 0 aromatic heterocycles. The van der Waals surface area contributed by atoms with Gasteiger partial charge in [-0.1, -0.05) is 18.0 Å². The second-order valence-electron chi connectivity index (χ2n) is 5.53. The van der Waals surface area contributed by atoms with Crippen LogP contribution in [0.25, 0.3) is 0 Å². The van der Waals surface area contributed by atoms with Gasteiger partial charge in [0.2, 0.25) is 0 Å². The van der Waals surface area contributed by atoms with Crippen molar-refractivity contribution in [1.82, 2.24) is 4.90 Å². The highest BCUT2D eigenvalue weighted by molar-refractivity contribution is 6.39. The predicted molar refractivity (Wildman–Crippen MR) is 81.0 cm³/mol. The molecule has 120 valence electrons. The minimum Gasteiger partial charge on any atom is -0.393 e. The Labute approximate surface area is 133 Å². The number of hydrogen-bond acceptors (Lipinski definition) is 3. The van der Waals surface area contributed by atoms with Crippen LogP contribution in [0.2, 0.25) is 5.02 Å². The third-order valence-electron chi connectivity index (χ3n) is 3.85. The number of halogens is 2. The SMILES string of the molecule is CN(CC1CCCC1O)C(=O)C(=O)Nc1ccc(F)c(Cl)c1. The van der Waals surface area contributed by atoms with Crippen LogP contribution in [0.5, 0.6) is 0 Å². The van der Waals surface area contributed by atoms with Gasteiger partial charge in [0, 0.05) is 25.2 Å². The van der Waals surface area contributed by atoms with Crippen LogP contribution in [-0.2, 0) is 9.59 Å². The maximum atomic E-state index is 13.0. The maximum Gasteiger partial charge on any atom is 0.313 e. The summed E-state index contributed by atoms with van der Waals surface area (Å²) in [5, 5.41) is 12.0. The summed E-state index contributed by atoms with van der Waals surface area (Å²) in [5.41, 5.74) is 0.249. The Morgan fingerprint density at radius 3 is 2.77 bits per heavy atom. The third kappa shape index (κ3) is 3.96. The molecule has 1 fully saturated rings. The van der Waals surface area contributed by atoms with Crippen molar-refractivity contribution in [2.75, 3.05) is 18.9 Å². The fourth-order valence-electron chi connectivity index (χ4n) is 2.60. The van der Waals surface area contributed by atoms with E-state index in [0.29, 0.717) is 6.54 Å². The van der Waals surface area contributed by atoms with E-state index in [-0.39, 0.29) is 16.6 Å². The van der Waals surface area contributed by atoms with Crippen molar-refractivity contribution in [3.63, 3.8) is 0 Å². The minimum atomic E-state index is -0.822. The quantitative estimate of drug-likeness (QED) is 0.834. The van der Waals surface area contributed by atoms with E-state index in [0.717, 1.165) is 25.3 Å². The van der Waals surface area contributed by atoms with Gasteiger partial charge < -0.3 is 15.3 Å². The van der Waals surface area contributed by atoms with Crippen molar-refractivity contribution >= 4 is 29.1 Å². The van der Waals surface area contributed by atoms with Crippen molar-refractivity contribution in [2.45, 2.75) is 25.4 Å². The second-order valence-corrected chi connectivity index (χ2v) is 5.93. The summed E-state index contributed by atoms with van der Waals surface area (Å²) in [4.78, 5) is 25.2. The Kier molecular flexibility index (Phi) is 5.37. The molecule has 0 bridgehead atoms. The number of anilines is 1. The Morgan fingerprint density at radius 1 is 1.45 bits per heavy atom. The standard InChI is InChI=1S/C15H18ClFN2O3/c1-19(8-9-3-2-4-13(9)20)15(22)14(21)18-10-5-6-12(17)11(16)7-10/h5-7,9,13,20H,2-4,8H2,1H3,(H,18,21). The molecule has 5 nitrogen and oxygen atoms in total. The van der Waals surface area contributed by atoms with E-state index in [1.807, 2.05) is 0 Å². The normalized spacial score (nSPS) is 20.7. The van der Waals surface area contributed by atoms with Gasteiger partial charge in [0.05, 0.1) is 11.1 Å². The van der Waals surface area contributed by atoms with Crippen LogP contribution in [0.15, 0.2) is 18.2 Å². The Balaban J connectivity index is 1.93. The summed E-state index contributed by atoms with van der Waals surface area (Å²) in [6.07, 6.45) is 2.07. The Bertz CT molecular complexity index is 582. The molecule has 22 heavy (non-hydrogen) atoms. The van der Waals surface area contributed by atoms with Crippen molar-refractivity contribution < 1.29 is 19.1 Å². The molecule has 0 saturated heterocycles. The average Bonchev–Trinajstić information content (AvgIpc) is 2.87. The number of aliphatic hydroxyl groups excluding tert-OH is 1. The lowest BCUT2D eigenvalue weighted by molar-refractivity contribution is -0.142. The summed E-state index contributed by atoms with van der Waals surface area (Å²) in [6.45, 7) is 0.331. The summed E-state index contributed by atoms with van der Waals surface area (Å²) >= 11 is 5.62. The molecule has 0 heterocycles. The van der Waals surface area contributed by atoms with Gasteiger partial charge in [0.25, 0.3) is 0 Å². The van der Waals surface area contributed by atoms with Gasteiger partial charge in [-0.3, -0.25) is 9.59 Å². The van der Waals surface area contributed by atoms with Crippen LogP contribution < -0.4 is 5.32 Å². The molecule has 2 atom stereocenters. The van der Waals surface area contributed by atoms with Crippen LogP contribution in [0, 0.1) is 11.7 Å². The highest BCUT2D eigenvalue weighted by Crippen LogP contribution is 2.26. The fraction of sp³-hybridized carbons (Fsp3) is 0.467. The fourth-order valence-corrected chi connectivity index (χ4v) is 2.78. The molecule has 2 N–H and O–H groups in total. The first-order valence-electron chi connectivity index (χ1n) is 7.08. The van der Waals surface area contributed by atoms with Gasteiger partial charge in [-0.25, -0.2) is 4.39 Å². The molecule has 0 aliphatic heterocycles. The summed E-state index contributed by atoms with van der Waals surface area (Å²) in [7, 11) is 1.52. The van der Waals surface area contributed by atoms with E-state index in [1.165, 1.54) is 24.1 Å². The van der Waals surface area contributed by atoms with Gasteiger partial charge in [-0.05, 0) is 31.0 Å². The van der Waals surface area contributed by atoms with E-state index in [4.69, 9.17) is 11.6 Å². The first-order chi connectivity index (χ1) is 10.4. The lowest BCUT2D eigenvalue weighted by Crippen LogP contribution is -2.40. The van der Waals surface area contributed by atoms with Crippen molar-refractivity contribution in [3.05, 3.63) is 29.0 Å². The zero-order valence-electron chi connectivity index (χ0n) is 12.2. The van der Waals surface area contributed by atoms with E-state index in [2.05, 4.69) is 5.32 Å². The number of rotatable bonds is 3. The molecule has 1 saturated carbocycles. The van der Waals surface area contributed by atoms with Gasteiger partial charge in [-0.2, -0.15) is 0 Å². The van der Waals surface area contributed by atoms with Crippen LogP contribution in [-0.4, -0.2) is 41.5 Å². The Hall–Kier alpha value is -1.66. The molecule has 2 unspecified atom stereocenters. The lowest BCUT2D eigenvalue weighted by atomic mass is 10.1. The number of hydrogen-bond donors (Lipinski definition) is 2. The molecule has 7 heteroatoms. The van der Waals surface area contributed by atoms with E-state index >= 15 is 0 Å². The largest absolute Gasteiger partial charge is 0.393 e. The van der Waals surface area contributed by atoms with Crippen molar-refractivity contribution in [1.29, 1.82) is 0 Å². The summed E-state index contributed by atoms with van der Waals surface area (Å²) < 4.78 is 13.0. The topological polar surface area (TPSA) is 69.6 Å². The number of carbonyl (C=O) groups excluding carboxylic acids is 2. The zero-order chi connectivity index (χ0) is 16.3. The molecule has 1 aliphatic carbocycles. The molecule has 2 rings (SSSR count). The van der Waals surface area contributed by atoms with Crippen LogP contribution in [0.4, 0.5) is 10.1 Å². The highest BCUT2D eigenvalue weighted by Gasteiger charge is 2.29. The van der Waals surface area contributed by atoms with Gasteiger partial charge >= 0.3 is 11.8 Å². The molecule has 2 amide bonds. The van der Waals surface area contributed by atoms with Gasteiger partial charge in [0.15, 0.2) is 0 Å². The molecule has 0 radical (unpaired) electrons. The first kappa shape index (κ1) is 16.7. The number of amides is 2. The maximum absolute atomic E-state index is 13.0. The number of nitrogens with one attached hydrogen (secondary N) is 1. The third-order valence-corrected chi connectivity index (χ3v) is 4.14. The van der Waals surface area contributed by atoms with Crippen molar-refractivity contribution in [2.24, 2.45) is 5.92 Å². The van der Waals surface area contributed by atoms with E-state index < -0.39 is 23.7 Å². The van der Waals surface area contributed by atoms with Crippen molar-refractivity contribution in [3.8, 4) is 0 Å². The monoisotopic (exact) mass is 328 g/mol. The van der Waals surface area contributed by atoms with Crippen LogP contribution in [0.3, 0.4) is 0 Å². The van der Waals surface area contributed by atoms with Gasteiger partial charge in [-0.15, -0.1) is 0 Å². The molecule has 0 spiro atoms. The molecule has 1 aromatic rings. The predicted octanol–water partition coefficient (Wildman–Crippen LogP) is 2.04. The second kappa shape index (κ2) is 7.07. The lowest BCUT2D eigenvalue weighted by Gasteiger charge is -2.22. The molecule has 1 aromatic carbocycles. The minimum absolute atomic E-state index is 0.00187. The molecular weight excluding hydrogens is 311 g/mol. The zero-order valence-corrected chi connectivity index (χ0v) is 12.9. The highest BCUT2D eigenvalue weighted by atomic mass is 35.5. The number of benzene rings is 1. The number of nitrogens with zero attached hydrogens (tertiary/aromatic N) is 1. The molecule has 1 aliphatic rings. The van der Waals surface area contributed by atoms with Crippen LogP contribution in [0.1, 0.15) is 19.3 Å². The summed E-state index contributed by atoms with van der Waals surface area (Å²) in [5.74, 6) is -2.13. The number of carbonyl (C=O) groups is 2. The van der Waals surface area contributed by atoms with E-state index in [9.17, 15) is 19.1 Å². The van der Waals surface area contributed by atoms with Crippen LogP contribution >= 0.6 is 11.6 Å². The first-order valence-corrected chi connectivity index (χ1v) is 7.46. The smallest absolute Gasteiger partial charge is 0.313 e.